The summed E-state index contributed by atoms with van der Waals surface area (Å²) in [5.41, 5.74) is -1.46. The van der Waals surface area contributed by atoms with Crippen molar-refractivity contribution in [3.05, 3.63) is 23.5 Å². The standard InChI is InChI=1S/C6H2ClF4NO2S/c7-15(13,14)5-2(8)1-12-4(3(5)9)6(10)11/h1,6H. The van der Waals surface area contributed by atoms with Crippen molar-refractivity contribution in [3.63, 3.8) is 0 Å². The number of pyridine rings is 1. The molecular weight excluding hydrogens is 262 g/mol. The Balaban J connectivity index is 3.59. The Labute approximate surface area is 86.1 Å². The fraction of sp³-hybridized carbons (Fsp3) is 0.167. The Morgan fingerprint density at radius 2 is 1.87 bits per heavy atom. The van der Waals surface area contributed by atoms with E-state index in [0.717, 1.165) is 0 Å². The van der Waals surface area contributed by atoms with Gasteiger partial charge < -0.3 is 0 Å². The van der Waals surface area contributed by atoms with Crippen molar-refractivity contribution in [2.75, 3.05) is 0 Å². The molecule has 0 unspecified atom stereocenters. The van der Waals surface area contributed by atoms with E-state index in [2.05, 4.69) is 15.7 Å². The number of alkyl halides is 2. The summed E-state index contributed by atoms with van der Waals surface area (Å²) in [5, 5.41) is 0. The molecule has 0 amide bonds. The van der Waals surface area contributed by atoms with Gasteiger partial charge in [-0.15, -0.1) is 0 Å². The Bertz CT molecular complexity index is 490. The maximum Gasteiger partial charge on any atom is 0.283 e. The molecule has 0 aliphatic heterocycles. The van der Waals surface area contributed by atoms with Crippen LogP contribution in [0.4, 0.5) is 17.6 Å². The fourth-order valence-electron chi connectivity index (χ4n) is 0.838. The molecule has 3 nitrogen and oxygen atoms in total. The van der Waals surface area contributed by atoms with E-state index >= 15 is 0 Å². The topological polar surface area (TPSA) is 47.0 Å². The second kappa shape index (κ2) is 3.93. The minimum absolute atomic E-state index is 0.167. The highest BCUT2D eigenvalue weighted by Gasteiger charge is 2.28. The Kier molecular flexibility index (Phi) is 3.19. The molecule has 84 valence electrons. The first kappa shape index (κ1) is 12.2. The van der Waals surface area contributed by atoms with Crippen molar-refractivity contribution in [1.82, 2.24) is 4.98 Å². The van der Waals surface area contributed by atoms with Gasteiger partial charge in [0.1, 0.15) is 5.69 Å². The smallest absolute Gasteiger partial charge is 0.249 e. The summed E-state index contributed by atoms with van der Waals surface area (Å²) in [7, 11) is -0.106. The molecule has 15 heavy (non-hydrogen) atoms. The van der Waals surface area contributed by atoms with Crippen LogP contribution in [0.1, 0.15) is 12.1 Å². The van der Waals surface area contributed by atoms with E-state index in [1.807, 2.05) is 0 Å². The van der Waals surface area contributed by atoms with Gasteiger partial charge in [-0.05, 0) is 0 Å². The molecule has 9 heteroatoms. The van der Waals surface area contributed by atoms with Crippen LogP contribution in [0.2, 0.25) is 0 Å². The summed E-state index contributed by atoms with van der Waals surface area (Å²) in [5.74, 6) is -3.59. The van der Waals surface area contributed by atoms with E-state index in [1.165, 1.54) is 0 Å². The third-order valence-electron chi connectivity index (χ3n) is 1.41. The van der Waals surface area contributed by atoms with Crippen molar-refractivity contribution in [2.45, 2.75) is 11.3 Å². The van der Waals surface area contributed by atoms with E-state index < -0.39 is 37.7 Å². The quantitative estimate of drug-likeness (QED) is 0.607. The first-order valence-electron chi connectivity index (χ1n) is 3.32. The zero-order chi connectivity index (χ0) is 11.8. The molecule has 0 bridgehead atoms. The minimum Gasteiger partial charge on any atom is -0.249 e. The lowest BCUT2D eigenvalue weighted by Crippen LogP contribution is -2.06. The van der Waals surface area contributed by atoms with Gasteiger partial charge in [0.25, 0.3) is 15.5 Å². The van der Waals surface area contributed by atoms with Gasteiger partial charge in [-0.3, -0.25) is 0 Å². The lowest BCUT2D eigenvalue weighted by molar-refractivity contribution is 0.139. The number of hydrogen-bond donors (Lipinski definition) is 0. The van der Waals surface area contributed by atoms with Gasteiger partial charge in [0.15, 0.2) is 16.5 Å². The maximum atomic E-state index is 13.0. The molecule has 0 aliphatic carbocycles. The van der Waals surface area contributed by atoms with Crippen molar-refractivity contribution >= 4 is 19.7 Å². The second-order valence-corrected chi connectivity index (χ2v) is 4.88. The average molecular weight is 264 g/mol. The van der Waals surface area contributed by atoms with E-state index in [0.29, 0.717) is 0 Å². The molecule has 1 heterocycles. The van der Waals surface area contributed by atoms with Crippen LogP contribution in [0.15, 0.2) is 11.1 Å². The molecule has 0 fully saturated rings. The molecule has 1 aromatic heterocycles. The molecule has 0 spiro atoms. The largest absolute Gasteiger partial charge is 0.283 e. The molecule has 0 saturated heterocycles. The number of hydrogen-bond acceptors (Lipinski definition) is 3. The highest BCUT2D eigenvalue weighted by atomic mass is 35.7. The lowest BCUT2D eigenvalue weighted by Gasteiger charge is -2.04. The second-order valence-electron chi connectivity index (χ2n) is 2.37. The molecule has 0 saturated carbocycles. The van der Waals surface area contributed by atoms with Crippen LogP contribution in [0, 0.1) is 11.6 Å². The van der Waals surface area contributed by atoms with Gasteiger partial charge in [0, 0.05) is 10.7 Å². The summed E-state index contributed by atoms with van der Waals surface area (Å²) in [4.78, 5) is 1.11. The monoisotopic (exact) mass is 263 g/mol. The van der Waals surface area contributed by atoms with Gasteiger partial charge in [0.05, 0.1) is 6.20 Å². The first-order chi connectivity index (χ1) is 6.75. The third-order valence-corrected chi connectivity index (χ3v) is 2.73. The predicted octanol–water partition coefficient (Wildman–Crippen LogP) is 2.22. The average Bonchev–Trinajstić information content (AvgIpc) is 2.00. The summed E-state index contributed by atoms with van der Waals surface area (Å²) >= 11 is 0. The number of aromatic nitrogens is 1. The van der Waals surface area contributed by atoms with Crippen LogP contribution in [-0.4, -0.2) is 13.4 Å². The summed E-state index contributed by atoms with van der Waals surface area (Å²) < 4.78 is 71.3. The third kappa shape index (κ3) is 2.37. The van der Waals surface area contributed by atoms with E-state index in [9.17, 15) is 26.0 Å². The Morgan fingerprint density at radius 1 is 1.33 bits per heavy atom. The molecule has 0 aliphatic rings. The van der Waals surface area contributed by atoms with Gasteiger partial charge >= 0.3 is 0 Å². The van der Waals surface area contributed by atoms with Crippen LogP contribution in [0.5, 0.6) is 0 Å². The van der Waals surface area contributed by atoms with Crippen molar-refractivity contribution in [2.24, 2.45) is 0 Å². The highest BCUT2D eigenvalue weighted by molar-refractivity contribution is 8.13. The normalized spacial score (nSPS) is 12.1. The number of halogens is 5. The zero-order valence-electron chi connectivity index (χ0n) is 6.72. The summed E-state index contributed by atoms with van der Waals surface area (Å²) in [6.07, 6.45) is -3.19. The Morgan fingerprint density at radius 3 is 2.27 bits per heavy atom. The molecule has 0 atom stereocenters. The number of rotatable bonds is 2. The van der Waals surface area contributed by atoms with Crippen molar-refractivity contribution < 1.29 is 26.0 Å². The van der Waals surface area contributed by atoms with Gasteiger partial charge in [0.2, 0.25) is 0 Å². The van der Waals surface area contributed by atoms with Gasteiger partial charge in [-0.25, -0.2) is 31.0 Å². The predicted molar refractivity (Wildman–Crippen MR) is 42.1 cm³/mol. The molecule has 1 aromatic rings. The molecule has 0 aromatic carbocycles. The van der Waals surface area contributed by atoms with Gasteiger partial charge in [-0.2, -0.15) is 0 Å². The summed E-state index contributed by atoms with van der Waals surface area (Å²) in [6.45, 7) is 0. The van der Waals surface area contributed by atoms with Crippen LogP contribution in [0.25, 0.3) is 0 Å². The first-order valence-corrected chi connectivity index (χ1v) is 5.62. The van der Waals surface area contributed by atoms with Gasteiger partial charge in [-0.1, -0.05) is 0 Å². The Hall–Kier alpha value is -0.890. The fourth-order valence-corrected chi connectivity index (χ4v) is 1.87. The highest BCUT2D eigenvalue weighted by Crippen LogP contribution is 2.28. The SMILES string of the molecule is O=S(=O)(Cl)c1c(F)cnc(C(F)F)c1F. The molecule has 0 N–H and O–H groups in total. The van der Waals surface area contributed by atoms with Crippen molar-refractivity contribution in [3.8, 4) is 0 Å². The molecule has 0 radical (unpaired) electrons. The summed E-state index contributed by atoms with van der Waals surface area (Å²) in [6, 6.07) is 0. The van der Waals surface area contributed by atoms with Crippen LogP contribution in [-0.2, 0) is 9.05 Å². The zero-order valence-corrected chi connectivity index (χ0v) is 8.29. The lowest BCUT2D eigenvalue weighted by atomic mass is 10.3. The van der Waals surface area contributed by atoms with Crippen LogP contribution < -0.4 is 0 Å². The molecule has 1 rings (SSSR count). The van der Waals surface area contributed by atoms with E-state index in [1.54, 1.807) is 0 Å². The van der Waals surface area contributed by atoms with Crippen LogP contribution in [0.3, 0.4) is 0 Å². The number of nitrogens with zero attached hydrogens (tertiary/aromatic N) is 1. The van der Waals surface area contributed by atoms with E-state index in [4.69, 9.17) is 0 Å². The minimum atomic E-state index is -4.77. The maximum absolute atomic E-state index is 13.0. The van der Waals surface area contributed by atoms with E-state index in [-0.39, 0.29) is 6.20 Å². The van der Waals surface area contributed by atoms with Crippen molar-refractivity contribution in [1.29, 1.82) is 0 Å². The molecular formula is C6H2ClF4NO2S. The van der Waals surface area contributed by atoms with Crippen LogP contribution >= 0.6 is 10.7 Å².